The maximum atomic E-state index is 9.77. The molecule has 0 saturated carbocycles. The summed E-state index contributed by atoms with van der Waals surface area (Å²) in [5.41, 5.74) is 0.746. The van der Waals surface area contributed by atoms with Crippen molar-refractivity contribution in [3.63, 3.8) is 0 Å². The van der Waals surface area contributed by atoms with Crippen molar-refractivity contribution in [2.24, 2.45) is 4.99 Å². The highest BCUT2D eigenvalue weighted by Gasteiger charge is 2.06. The van der Waals surface area contributed by atoms with Crippen LogP contribution in [-0.2, 0) is 6.54 Å². The minimum atomic E-state index is 0. The Kier molecular flexibility index (Phi) is 7.58. The zero-order chi connectivity index (χ0) is 13.7. The van der Waals surface area contributed by atoms with Gasteiger partial charge in [-0.1, -0.05) is 0 Å². The number of hydrogen-bond acceptors (Lipinski definition) is 3. The molecule has 6 heteroatoms. The van der Waals surface area contributed by atoms with Crippen LogP contribution in [0.5, 0.6) is 11.5 Å². The lowest BCUT2D eigenvalue weighted by Crippen LogP contribution is -2.35. The highest BCUT2D eigenvalue weighted by molar-refractivity contribution is 14.0. The molecule has 0 fully saturated rings. The van der Waals surface area contributed by atoms with E-state index in [-0.39, 0.29) is 29.7 Å². The number of phenolic OH excluding ortho intramolecular Hbond substituents is 1. The molecule has 108 valence electrons. The molecule has 0 amide bonds. The van der Waals surface area contributed by atoms with Crippen LogP contribution in [0.15, 0.2) is 23.2 Å². The van der Waals surface area contributed by atoms with Crippen LogP contribution in [0.25, 0.3) is 0 Å². The molecule has 0 heterocycles. The van der Waals surface area contributed by atoms with Crippen LogP contribution in [0, 0.1) is 0 Å². The zero-order valence-corrected chi connectivity index (χ0v) is 14.4. The number of phenols is 1. The summed E-state index contributed by atoms with van der Waals surface area (Å²) in [7, 11) is 9.34. The van der Waals surface area contributed by atoms with Crippen LogP contribution in [0.4, 0.5) is 0 Å². The fourth-order valence-corrected chi connectivity index (χ4v) is 1.65. The molecule has 0 aliphatic heterocycles. The Hall–Kier alpha value is -1.18. The van der Waals surface area contributed by atoms with Gasteiger partial charge in [-0.3, -0.25) is 0 Å². The van der Waals surface area contributed by atoms with Gasteiger partial charge in [-0.25, -0.2) is 4.99 Å². The van der Waals surface area contributed by atoms with Crippen molar-refractivity contribution in [2.45, 2.75) is 6.54 Å². The van der Waals surface area contributed by atoms with Crippen molar-refractivity contribution in [1.82, 2.24) is 9.80 Å². The standard InChI is InChI=1S/C13H21N3O2.HI/c1-15(2)13(16(3)4)14-9-10-8-11(18-5)6-7-12(10)17;/h6-8,17H,9H2,1-5H3;1H. The van der Waals surface area contributed by atoms with Crippen LogP contribution in [0.2, 0.25) is 0 Å². The van der Waals surface area contributed by atoms with E-state index in [0.29, 0.717) is 12.3 Å². The van der Waals surface area contributed by atoms with E-state index in [0.717, 1.165) is 11.5 Å². The van der Waals surface area contributed by atoms with Crippen LogP contribution in [-0.4, -0.2) is 56.2 Å². The molecule has 1 aromatic carbocycles. The minimum absolute atomic E-state index is 0. The van der Waals surface area contributed by atoms with Crippen molar-refractivity contribution in [3.8, 4) is 11.5 Å². The monoisotopic (exact) mass is 379 g/mol. The summed E-state index contributed by atoms with van der Waals surface area (Å²) in [6, 6.07) is 5.14. The molecule has 1 aromatic rings. The average Bonchev–Trinajstić information content (AvgIpc) is 2.30. The van der Waals surface area contributed by atoms with Crippen LogP contribution >= 0.6 is 24.0 Å². The third kappa shape index (κ3) is 5.14. The zero-order valence-electron chi connectivity index (χ0n) is 12.0. The molecule has 0 aromatic heterocycles. The Morgan fingerprint density at radius 3 is 2.26 bits per heavy atom. The summed E-state index contributed by atoms with van der Waals surface area (Å²) in [5.74, 6) is 1.79. The highest BCUT2D eigenvalue weighted by Crippen LogP contribution is 2.23. The lowest BCUT2D eigenvalue weighted by molar-refractivity contribution is 0.410. The Morgan fingerprint density at radius 1 is 1.21 bits per heavy atom. The van der Waals surface area contributed by atoms with Gasteiger partial charge in [0.15, 0.2) is 5.96 Å². The lowest BCUT2D eigenvalue weighted by atomic mass is 10.2. The van der Waals surface area contributed by atoms with Crippen molar-refractivity contribution >= 4 is 29.9 Å². The molecular formula is C13H22IN3O2. The molecule has 1 rings (SSSR count). The van der Waals surface area contributed by atoms with Gasteiger partial charge >= 0.3 is 0 Å². The molecule has 0 bridgehead atoms. The first-order valence-corrected chi connectivity index (χ1v) is 5.70. The fourth-order valence-electron chi connectivity index (χ4n) is 1.65. The Labute approximate surface area is 131 Å². The predicted octanol–water partition coefficient (Wildman–Crippen LogP) is 2.00. The second-order valence-corrected chi connectivity index (χ2v) is 4.40. The molecule has 0 unspecified atom stereocenters. The van der Waals surface area contributed by atoms with E-state index in [2.05, 4.69) is 4.99 Å². The number of ether oxygens (including phenoxy) is 1. The first-order chi connectivity index (χ1) is 8.45. The third-order valence-corrected chi connectivity index (χ3v) is 2.48. The molecule has 0 saturated heterocycles. The Morgan fingerprint density at radius 2 is 1.79 bits per heavy atom. The van der Waals surface area contributed by atoms with Gasteiger partial charge in [0.25, 0.3) is 0 Å². The summed E-state index contributed by atoms with van der Waals surface area (Å²) < 4.78 is 5.13. The molecule has 0 atom stereocenters. The number of halogens is 1. The number of aromatic hydroxyl groups is 1. The molecule has 19 heavy (non-hydrogen) atoms. The van der Waals surface area contributed by atoms with Crippen molar-refractivity contribution < 1.29 is 9.84 Å². The van der Waals surface area contributed by atoms with Gasteiger partial charge in [-0.05, 0) is 18.2 Å². The van der Waals surface area contributed by atoms with E-state index >= 15 is 0 Å². The number of benzene rings is 1. The molecule has 0 aliphatic carbocycles. The Bertz CT molecular complexity index is 424. The van der Waals surface area contributed by atoms with Crippen LogP contribution < -0.4 is 4.74 Å². The number of methoxy groups -OCH3 is 1. The van der Waals surface area contributed by atoms with Gasteiger partial charge in [0.05, 0.1) is 13.7 Å². The molecule has 0 spiro atoms. The largest absolute Gasteiger partial charge is 0.508 e. The highest BCUT2D eigenvalue weighted by atomic mass is 127. The second kappa shape index (κ2) is 8.08. The summed E-state index contributed by atoms with van der Waals surface area (Å²) in [5, 5.41) is 9.77. The smallest absolute Gasteiger partial charge is 0.195 e. The van der Waals surface area contributed by atoms with Gasteiger partial charge < -0.3 is 19.6 Å². The number of aliphatic imine (C=N–C) groups is 1. The topological polar surface area (TPSA) is 48.3 Å². The molecule has 0 radical (unpaired) electrons. The van der Waals surface area contributed by atoms with E-state index in [1.807, 2.05) is 38.0 Å². The predicted molar refractivity (Wildman–Crippen MR) is 88.6 cm³/mol. The maximum absolute atomic E-state index is 9.77. The minimum Gasteiger partial charge on any atom is -0.508 e. The number of guanidine groups is 1. The van der Waals surface area contributed by atoms with Gasteiger partial charge in [0.1, 0.15) is 11.5 Å². The van der Waals surface area contributed by atoms with E-state index in [4.69, 9.17) is 4.74 Å². The van der Waals surface area contributed by atoms with E-state index in [1.165, 1.54) is 0 Å². The summed E-state index contributed by atoms with van der Waals surface area (Å²) in [6.45, 7) is 0.411. The van der Waals surface area contributed by atoms with Gasteiger partial charge in [-0.2, -0.15) is 0 Å². The summed E-state index contributed by atoms with van der Waals surface area (Å²) in [6.07, 6.45) is 0. The number of nitrogens with zero attached hydrogens (tertiary/aromatic N) is 3. The van der Waals surface area contributed by atoms with Crippen LogP contribution in [0.3, 0.4) is 0 Å². The number of rotatable bonds is 3. The third-order valence-electron chi connectivity index (χ3n) is 2.48. The van der Waals surface area contributed by atoms with Crippen molar-refractivity contribution in [1.29, 1.82) is 0 Å². The summed E-state index contributed by atoms with van der Waals surface area (Å²) in [4.78, 5) is 8.34. The molecule has 5 nitrogen and oxygen atoms in total. The van der Waals surface area contributed by atoms with Crippen LogP contribution in [0.1, 0.15) is 5.56 Å². The van der Waals surface area contributed by atoms with Gasteiger partial charge in [-0.15, -0.1) is 24.0 Å². The molecule has 0 aliphatic rings. The Balaban J connectivity index is 0.00000324. The van der Waals surface area contributed by atoms with E-state index in [9.17, 15) is 5.11 Å². The molecule has 1 N–H and O–H groups in total. The first kappa shape index (κ1) is 17.8. The van der Waals surface area contributed by atoms with Crippen molar-refractivity contribution in [2.75, 3.05) is 35.3 Å². The normalized spacial score (nSPS) is 9.32. The maximum Gasteiger partial charge on any atom is 0.195 e. The summed E-state index contributed by atoms with van der Waals surface area (Å²) >= 11 is 0. The molecular weight excluding hydrogens is 357 g/mol. The lowest BCUT2D eigenvalue weighted by Gasteiger charge is -2.22. The van der Waals surface area contributed by atoms with Crippen molar-refractivity contribution in [3.05, 3.63) is 23.8 Å². The SMILES string of the molecule is COc1ccc(O)c(CN=C(N(C)C)N(C)C)c1.I. The van der Waals surface area contributed by atoms with Gasteiger partial charge in [0, 0.05) is 33.8 Å². The average molecular weight is 379 g/mol. The number of hydrogen-bond donors (Lipinski definition) is 1. The fraction of sp³-hybridized carbons (Fsp3) is 0.462. The van der Waals surface area contributed by atoms with E-state index in [1.54, 1.807) is 25.3 Å². The quantitative estimate of drug-likeness (QED) is 0.496. The first-order valence-electron chi connectivity index (χ1n) is 5.70. The second-order valence-electron chi connectivity index (χ2n) is 4.40. The van der Waals surface area contributed by atoms with E-state index < -0.39 is 0 Å². The van der Waals surface area contributed by atoms with Gasteiger partial charge in [0.2, 0.25) is 0 Å².